The van der Waals surface area contributed by atoms with E-state index in [4.69, 9.17) is 4.42 Å². The number of nitrogens with zero attached hydrogens (tertiary/aromatic N) is 2. The molecule has 0 saturated carbocycles. The first-order valence-corrected chi connectivity index (χ1v) is 8.55. The Morgan fingerprint density at radius 3 is 2.76 bits per heavy atom. The number of carbonyl (C=O) groups is 1. The van der Waals surface area contributed by atoms with Gasteiger partial charge in [0.15, 0.2) is 0 Å². The molecule has 0 saturated heterocycles. The molecule has 4 rings (SSSR count). The van der Waals surface area contributed by atoms with Crippen LogP contribution in [0.25, 0.3) is 11.0 Å². The number of hydrogen-bond acceptors (Lipinski definition) is 4. The molecular weight excluding hydrogens is 314 g/mol. The first kappa shape index (κ1) is 15.7. The minimum absolute atomic E-state index is 0.0670. The summed E-state index contributed by atoms with van der Waals surface area (Å²) in [4.78, 5) is 18.6. The number of pyridine rings is 1. The fraction of sp³-hybridized carbons (Fsp3) is 0.300. The lowest BCUT2D eigenvalue weighted by molar-refractivity contribution is -0.115. The molecular formula is C20H21N3O2. The highest BCUT2D eigenvalue weighted by Gasteiger charge is 2.16. The fourth-order valence-electron chi connectivity index (χ4n) is 3.39. The highest BCUT2D eigenvalue weighted by atomic mass is 16.3. The van der Waals surface area contributed by atoms with E-state index in [-0.39, 0.29) is 5.91 Å². The zero-order valence-corrected chi connectivity index (χ0v) is 14.5. The van der Waals surface area contributed by atoms with E-state index in [0.29, 0.717) is 12.1 Å². The molecule has 0 bridgehead atoms. The summed E-state index contributed by atoms with van der Waals surface area (Å²) in [5, 5.41) is 3.95. The van der Waals surface area contributed by atoms with Crippen LogP contribution in [-0.2, 0) is 24.1 Å². The maximum Gasteiger partial charge on any atom is 0.228 e. The molecule has 25 heavy (non-hydrogen) atoms. The topological polar surface area (TPSA) is 58.4 Å². The van der Waals surface area contributed by atoms with Gasteiger partial charge in [-0.3, -0.25) is 4.79 Å². The molecule has 0 spiro atoms. The normalized spacial score (nSPS) is 13.0. The summed E-state index contributed by atoms with van der Waals surface area (Å²) in [6.07, 6.45) is 7.11. The smallest absolute Gasteiger partial charge is 0.228 e. The predicted octanol–water partition coefficient (Wildman–Crippen LogP) is 3.56. The number of aromatic nitrogens is 1. The van der Waals surface area contributed by atoms with E-state index in [1.54, 1.807) is 12.5 Å². The van der Waals surface area contributed by atoms with Crippen LogP contribution >= 0.6 is 0 Å². The zero-order chi connectivity index (χ0) is 17.4. The molecule has 1 amide bonds. The molecule has 5 heteroatoms. The summed E-state index contributed by atoms with van der Waals surface area (Å²) in [6, 6.07) is 8.06. The molecule has 0 atom stereocenters. The number of fused-ring (bicyclic) bond motifs is 2. The number of furan rings is 1. The van der Waals surface area contributed by atoms with Crippen LogP contribution in [0.3, 0.4) is 0 Å². The third-order valence-electron chi connectivity index (χ3n) is 4.71. The molecule has 1 N–H and O–H groups in total. The van der Waals surface area contributed by atoms with Gasteiger partial charge in [-0.1, -0.05) is 0 Å². The number of hydrogen-bond donors (Lipinski definition) is 1. The Hall–Kier alpha value is -2.82. The van der Waals surface area contributed by atoms with E-state index in [1.807, 2.05) is 31.1 Å². The quantitative estimate of drug-likeness (QED) is 0.792. The van der Waals surface area contributed by atoms with Crippen molar-refractivity contribution in [1.82, 2.24) is 4.98 Å². The van der Waals surface area contributed by atoms with Crippen molar-refractivity contribution in [1.29, 1.82) is 0 Å². The molecule has 0 aliphatic heterocycles. The molecule has 5 nitrogen and oxygen atoms in total. The van der Waals surface area contributed by atoms with E-state index in [9.17, 15) is 4.79 Å². The van der Waals surface area contributed by atoms with Crippen molar-refractivity contribution >= 4 is 28.4 Å². The molecule has 1 aliphatic carbocycles. The highest BCUT2D eigenvalue weighted by Crippen LogP contribution is 2.30. The van der Waals surface area contributed by atoms with Crippen LogP contribution in [0.5, 0.6) is 0 Å². The summed E-state index contributed by atoms with van der Waals surface area (Å²) < 4.78 is 5.67. The molecule has 1 aromatic carbocycles. The Balaban J connectivity index is 1.50. The Kier molecular flexibility index (Phi) is 3.92. The van der Waals surface area contributed by atoms with Crippen molar-refractivity contribution in [2.75, 3.05) is 24.3 Å². The van der Waals surface area contributed by atoms with Gasteiger partial charge in [0.2, 0.25) is 5.91 Å². The van der Waals surface area contributed by atoms with Gasteiger partial charge in [0.1, 0.15) is 11.4 Å². The van der Waals surface area contributed by atoms with Crippen molar-refractivity contribution in [3.8, 4) is 0 Å². The molecule has 0 unspecified atom stereocenters. The number of benzene rings is 1. The van der Waals surface area contributed by atoms with Gasteiger partial charge >= 0.3 is 0 Å². The monoisotopic (exact) mass is 335 g/mol. The number of aryl methyl sites for hydroxylation is 2. The largest absolute Gasteiger partial charge is 0.464 e. The first-order chi connectivity index (χ1) is 12.1. The molecule has 2 aromatic heterocycles. The van der Waals surface area contributed by atoms with Crippen LogP contribution in [0.2, 0.25) is 0 Å². The van der Waals surface area contributed by atoms with Crippen LogP contribution in [0.15, 0.2) is 41.1 Å². The lowest BCUT2D eigenvalue weighted by atomic mass is 10.0. The Labute approximate surface area is 146 Å². The van der Waals surface area contributed by atoms with Gasteiger partial charge < -0.3 is 14.6 Å². The summed E-state index contributed by atoms with van der Waals surface area (Å²) in [7, 11) is 3.86. The van der Waals surface area contributed by atoms with Crippen molar-refractivity contribution in [2.45, 2.75) is 25.7 Å². The Morgan fingerprint density at radius 1 is 1.24 bits per heavy atom. The zero-order valence-electron chi connectivity index (χ0n) is 14.5. The van der Waals surface area contributed by atoms with Crippen LogP contribution < -0.4 is 10.2 Å². The van der Waals surface area contributed by atoms with Crippen molar-refractivity contribution in [3.63, 3.8) is 0 Å². The summed E-state index contributed by atoms with van der Waals surface area (Å²) in [6.45, 7) is 0. The van der Waals surface area contributed by atoms with Crippen LogP contribution in [0.1, 0.15) is 23.1 Å². The number of nitrogens with one attached hydrogen (secondary N) is 1. The minimum Gasteiger partial charge on any atom is -0.464 e. The molecule has 0 fully saturated rings. The highest BCUT2D eigenvalue weighted by molar-refractivity contribution is 5.95. The number of anilines is 2. The van der Waals surface area contributed by atoms with E-state index < -0.39 is 0 Å². The van der Waals surface area contributed by atoms with Gasteiger partial charge in [0.25, 0.3) is 0 Å². The van der Waals surface area contributed by atoms with Gasteiger partial charge in [-0.2, -0.15) is 0 Å². The van der Waals surface area contributed by atoms with Gasteiger partial charge in [0.05, 0.1) is 24.6 Å². The van der Waals surface area contributed by atoms with Crippen molar-refractivity contribution in [3.05, 3.63) is 53.4 Å². The first-order valence-electron chi connectivity index (χ1n) is 8.55. The van der Waals surface area contributed by atoms with Crippen LogP contribution in [-0.4, -0.2) is 25.0 Å². The molecule has 1 aliphatic rings. The van der Waals surface area contributed by atoms with Gasteiger partial charge in [-0.15, -0.1) is 0 Å². The standard InChI is InChI=1S/C20H21N3O2/c1-23(2)19-7-6-16(11-21-19)22-20(24)10-15-12-25-18-9-14-5-3-4-13(14)8-17(15)18/h6-9,11-12H,3-5,10H2,1-2H3,(H,22,24). The van der Waals surface area contributed by atoms with E-state index in [1.165, 1.54) is 17.5 Å². The maximum atomic E-state index is 12.4. The Morgan fingerprint density at radius 2 is 2.04 bits per heavy atom. The molecule has 2 heterocycles. The van der Waals surface area contributed by atoms with Gasteiger partial charge in [-0.05, 0) is 54.7 Å². The van der Waals surface area contributed by atoms with Gasteiger partial charge in [-0.25, -0.2) is 4.98 Å². The minimum atomic E-state index is -0.0670. The van der Waals surface area contributed by atoms with E-state index >= 15 is 0 Å². The average molecular weight is 335 g/mol. The van der Waals surface area contributed by atoms with E-state index in [2.05, 4.69) is 22.4 Å². The van der Waals surface area contributed by atoms with Gasteiger partial charge in [0, 0.05) is 25.0 Å². The summed E-state index contributed by atoms with van der Waals surface area (Å²) in [5.41, 5.74) is 5.27. The maximum absolute atomic E-state index is 12.4. The average Bonchev–Trinajstić information content (AvgIpc) is 3.20. The van der Waals surface area contributed by atoms with E-state index in [0.717, 1.165) is 35.2 Å². The predicted molar refractivity (Wildman–Crippen MR) is 99.1 cm³/mol. The molecule has 0 radical (unpaired) electrons. The van der Waals surface area contributed by atoms with Crippen molar-refractivity contribution in [2.24, 2.45) is 0 Å². The fourth-order valence-corrected chi connectivity index (χ4v) is 3.39. The summed E-state index contributed by atoms with van der Waals surface area (Å²) >= 11 is 0. The number of rotatable bonds is 4. The molecule has 128 valence electrons. The lowest BCUT2D eigenvalue weighted by Gasteiger charge is -2.11. The summed E-state index contributed by atoms with van der Waals surface area (Å²) in [5.74, 6) is 0.787. The lowest BCUT2D eigenvalue weighted by Crippen LogP contribution is -2.15. The SMILES string of the molecule is CN(C)c1ccc(NC(=O)Cc2coc3cc4c(cc23)CCC4)cn1. The van der Waals surface area contributed by atoms with Crippen LogP contribution in [0, 0.1) is 0 Å². The second-order valence-electron chi connectivity index (χ2n) is 6.76. The van der Waals surface area contributed by atoms with Crippen LogP contribution in [0.4, 0.5) is 11.5 Å². The number of carbonyl (C=O) groups excluding carboxylic acids is 1. The third-order valence-corrected chi connectivity index (χ3v) is 4.71. The number of amides is 1. The Bertz CT molecular complexity index is 926. The second kappa shape index (κ2) is 6.24. The third kappa shape index (κ3) is 3.09. The van der Waals surface area contributed by atoms with Crippen molar-refractivity contribution < 1.29 is 9.21 Å². The molecule has 3 aromatic rings. The second-order valence-corrected chi connectivity index (χ2v) is 6.76.